The van der Waals surface area contributed by atoms with E-state index in [1.54, 1.807) is 0 Å². The predicted molar refractivity (Wildman–Crippen MR) is 68.1 cm³/mol. The van der Waals surface area contributed by atoms with Crippen LogP contribution in [0.5, 0.6) is 0 Å². The van der Waals surface area contributed by atoms with Crippen molar-refractivity contribution in [3.05, 3.63) is 0 Å². The van der Waals surface area contributed by atoms with E-state index in [0.29, 0.717) is 0 Å². The molecule has 0 unspecified atom stereocenters. The van der Waals surface area contributed by atoms with E-state index in [9.17, 15) is 0 Å². The van der Waals surface area contributed by atoms with Crippen molar-refractivity contribution in [2.45, 2.75) is 46.6 Å². The van der Waals surface area contributed by atoms with Crippen LogP contribution in [-0.4, -0.2) is 34.8 Å². The van der Waals surface area contributed by atoms with E-state index in [1.165, 1.54) is 5.71 Å². The van der Waals surface area contributed by atoms with Crippen LogP contribution in [0.25, 0.3) is 0 Å². The van der Waals surface area contributed by atoms with Gasteiger partial charge >= 0.3 is 9.28 Å². The molecule has 0 aromatic carbocycles. The fourth-order valence-corrected chi connectivity index (χ4v) is 2.92. The second kappa shape index (κ2) is 10.3. The number of aliphatic imine (C=N–C) groups is 1. The summed E-state index contributed by atoms with van der Waals surface area (Å²) in [5, 5.41) is 0. The summed E-state index contributed by atoms with van der Waals surface area (Å²) < 4.78 is 11.2. The largest absolute Gasteiger partial charge is 0.397 e. The van der Waals surface area contributed by atoms with Crippen molar-refractivity contribution < 1.29 is 8.85 Å². The van der Waals surface area contributed by atoms with Gasteiger partial charge in [0.25, 0.3) is 0 Å². The van der Waals surface area contributed by atoms with Gasteiger partial charge in [0, 0.05) is 25.5 Å². The first kappa shape index (κ1) is 14.8. The molecular formula is C11H25NO2Si. The average Bonchev–Trinajstić information content (AvgIpc) is 2.24. The molecule has 90 valence electrons. The van der Waals surface area contributed by atoms with Crippen LogP contribution in [-0.2, 0) is 8.85 Å². The Labute approximate surface area is 95.7 Å². The van der Waals surface area contributed by atoms with Crippen LogP contribution in [0.3, 0.4) is 0 Å². The Kier molecular flexibility index (Phi) is 10.2. The third-order valence-corrected chi connectivity index (χ3v) is 4.49. The summed E-state index contributed by atoms with van der Waals surface area (Å²) in [6, 6.07) is 1.07. The van der Waals surface area contributed by atoms with Crippen molar-refractivity contribution in [2.24, 2.45) is 4.99 Å². The van der Waals surface area contributed by atoms with Crippen molar-refractivity contribution in [2.75, 3.05) is 19.8 Å². The van der Waals surface area contributed by atoms with Crippen LogP contribution in [0.1, 0.15) is 40.5 Å². The minimum absolute atomic E-state index is 0.772. The quantitative estimate of drug-likeness (QED) is 0.347. The van der Waals surface area contributed by atoms with E-state index in [2.05, 4.69) is 18.8 Å². The van der Waals surface area contributed by atoms with Gasteiger partial charge in [-0.25, -0.2) is 0 Å². The van der Waals surface area contributed by atoms with Gasteiger partial charge in [-0.3, -0.25) is 4.99 Å². The van der Waals surface area contributed by atoms with Gasteiger partial charge in [0.15, 0.2) is 0 Å². The van der Waals surface area contributed by atoms with Crippen molar-refractivity contribution in [3.63, 3.8) is 0 Å². The number of hydrogen-bond acceptors (Lipinski definition) is 3. The summed E-state index contributed by atoms with van der Waals surface area (Å²) in [5.74, 6) is 0. The topological polar surface area (TPSA) is 30.8 Å². The Morgan fingerprint density at radius 2 is 1.73 bits per heavy atom. The van der Waals surface area contributed by atoms with Gasteiger partial charge in [-0.05, 0) is 39.7 Å². The maximum absolute atomic E-state index is 5.58. The van der Waals surface area contributed by atoms with Gasteiger partial charge in [0.2, 0.25) is 0 Å². The van der Waals surface area contributed by atoms with E-state index in [4.69, 9.17) is 8.85 Å². The number of hydrogen-bond donors (Lipinski definition) is 0. The first-order valence-corrected chi connectivity index (χ1v) is 7.73. The summed E-state index contributed by atoms with van der Waals surface area (Å²) in [5.41, 5.74) is 1.24. The normalized spacial score (nSPS) is 12.5. The zero-order chi connectivity index (χ0) is 11.5. The maximum atomic E-state index is 5.58. The zero-order valence-electron chi connectivity index (χ0n) is 10.6. The van der Waals surface area contributed by atoms with Crippen LogP contribution in [0, 0.1) is 0 Å². The molecule has 0 bridgehead atoms. The van der Waals surface area contributed by atoms with Crippen molar-refractivity contribution in [1.29, 1.82) is 0 Å². The standard InChI is InChI=1S/C11H25NO2Si/c1-5-11(4)12-9-8-10-15(13-6-2)14-7-3/h15H,5-10H2,1-4H3. The minimum atomic E-state index is -1.37. The molecule has 0 aliphatic heterocycles. The highest BCUT2D eigenvalue weighted by atomic mass is 28.3. The smallest absolute Gasteiger partial charge is 0.321 e. The first-order chi connectivity index (χ1) is 7.24. The van der Waals surface area contributed by atoms with E-state index < -0.39 is 9.28 Å². The minimum Gasteiger partial charge on any atom is -0.397 e. The third-order valence-electron chi connectivity index (χ3n) is 2.20. The Hall–Kier alpha value is -0.193. The van der Waals surface area contributed by atoms with Crippen molar-refractivity contribution >= 4 is 15.0 Å². The fraction of sp³-hybridized carbons (Fsp3) is 0.909. The van der Waals surface area contributed by atoms with Gasteiger partial charge < -0.3 is 8.85 Å². The molecule has 0 radical (unpaired) electrons. The van der Waals surface area contributed by atoms with Crippen LogP contribution in [0.15, 0.2) is 4.99 Å². The summed E-state index contributed by atoms with van der Waals surface area (Å²) in [4.78, 5) is 4.46. The third kappa shape index (κ3) is 8.78. The van der Waals surface area contributed by atoms with Gasteiger partial charge in [0.1, 0.15) is 0 Å². The lowest BCUT2D eigenvalue weighted by Crippen LogP contribution is -2.22. The Balaban J connectivity index is 3.60. The lowest BCUT2D eigenvalue weighted by molar-refractivity contribution is 0.213. The van der Waals surface area contributed by atoms with Crippen LogP contribution >= 0.6 is 0 Å². The molecular weight excluding hydrogens is 206 g/mol. The molecule has 0 N–H and O–H groups in total. The summed E-state index contributed by atoms with van der Waals surface area (Å²) >= 11 is 0. The van der Waals surface area contributed by atoms with Crippen LogP contribution in [0.4, 0.5) is 0 Å². The molecule has 0 aromatic heterocycles. The highest BCUT2D eigenvalue weighted by molar-refractivity contribution is 6.44. The summed E-state index contributed by atoms with van der Waals surface area (Å²) in [6.07, 6.45) is 2.14. The maximum Gasteiger partial charge on any atom is 0.321 e. The molecule has 0 fully saturated rings. The van der Waals surface area contributed by atoms with Gasteiger partial charge in [-0.2, -0.15) is 0 Å². The van der Waals surface area contributed by atoms with E-state index in [-0.39, 0.29) is 0 Å². The molecule has 0 aromatic rings. The summed E-state index contributed by atoms with van der Waals surface area (Å²) in [6.45, 7) is 10.7. The van der Waals surface area contributed by atoms with Gasteiger partial charge in [0.05, 0.1) is 0 Å². The summed E-state index contributed by atoms with van der Waals surface area (Å²) in [7, 11) is -1.37. The Morgan fingerprint density at radius 3 is 2.20 bits per heavy atom. The van der Waals surface area contributed by atoms with E-state index in [0.717, 1.165) is 38.6 Å². The highest BCUT2D eigenvalue weighted by Crippen LogP contribution is 2.02. The lowest BCUT2D eigenvalue weighted by atomic mass is 10.3. The Morgan fingerprint density at radius 1 is 1.13 bits per heavy atom. The SMILES string of the molecule is CCO[SiH](CCCN=C(C)CC)OCC. The molecule has 0 rings (SSSR count). The monoisotopic (exact) mass is 231 g/mol. The van der Waals surface area contributed by atoms with Gasteiger partial charge in [-0.1, -0.05) is 6.92 Å². The van der Waals surface area contributed by atoms with Crippen molar-refractivity contribution in [3.8, 4) is 0 Å². The highest BCUT2D eigenvalue weighted by Gasteiger charge is 2.10. The van der Waals surface area contributed by atoms with E-state index >= 15 is 0 Å². The lowest BCUT2D eigenvalue weighted by Gasteiger charge is -2.13. The average molecular weight is 231 g/mol. The fourth-order valence-electron chi connectivity index (χ4n) is 1.23. The molecule has 0 heterocycles. The Bertz CT molecular complexity index is 168. The molecule has 0 spiro atoms. The molecule has 0 aliphatic carbocycles. The number of nitrogens with zero attached hydrogens (tertiary/aromatic N) is 1. The first-order valence-electron chi connectivity index (χ1n) is 5.97. The predicted octanol–water partition coefficient (Wildman–Crippen LogP) is 2.54. The van der Waals surface area contributed by atoms with Crippen molar-refractivity contribution in [1.82, 2.24) is 0 Å². The van der Waals surface area contributed by atoms with Crippen LogP contribution in [0.2, 0.25) is 6.04 Å². The molecule has 15 heavy (non-hydrogen) atoms. The zero-order valence-corrected chi connectivity index (χ0v) is 11.7. The van der Waals surface area contributed by atoms with Crippen LogP contribution < -0.4 is 0 Å². The molecule has 0 aliphatic rings. The molecule has 0 saturated carbocycles. The second-order valence-corrected chi connectivity index (χ2v) is 5.56. The molecule has 0 saturated heterocycles. The molecule has 0 atom stereocenters. The molecule has 3 nitrogen and oxygen atoms in total. The molecule has 0 amide bonds. The number of rotatable bonds is 9. The van der Waals surface area contributed by atoms with E-state index in [1.807, 2.05) is 13.8 Å². The molecule has 4 heteroatoms. The second-order valence-electron chi connectivity index (χ2n) is 3.45. The van der Waals surface area contributed by atoms with Gasteiger partial charge in [-0.15, -0.1) is 0 Å².